The van der Waals surface area contributed by atoms with Crippen LogP contribution in [-0.2, 0) is 17.8 Å². The van der Waals surface area contributed by atoms with Gasteiger partial charge in [0.05, 0.1) is 17.1 Å². The molecule has 1 amide bonds. The van der Waals surface area contributed by atoms with Gasteiger partial charge in [-0.1, -0.05) is 19.1 Å². The quantitative estimate of drug-likeness (QED) is 0.672. The van der Waals surface area contributed by atoms with Crippen LogP contribution < -0.4 is 10.9 Å². The van der Waals surface area contributed by atoms with Crippen LogP contribution in [0.3, 0.4) is 0 Å². The molecule has 0 aliphatic rings. The first-order chi connectivity index (χ1) is 12.6. The number of nitrogens with zero attached hydrogens (tertiary/aromatic N) is 4. The minimum absolute atomic E-state index is 0.155. The molecule has 3 aromatic rings. The van der Waals surface area contributed by atoms with Crippen LogP contribution in [0.2, 0.25) is 0 Å². The second-order valence-electron chi connectivity index (χ2n) is 6.16. The summed E-state index contributed by atoms with van der Waals surface area (Å²) in [5.74, 6) is 0.569. The van der Waals surface area contributed by atoms with Crippen LogP contribution in [0.5, 0.6) is 0 Å². The number of carbonyl (C=O) groups is 1. The monoisotopic (exact) mass is 354 g/mol. The lowest BCUT2D eigenvalue weighted by Gasteiger charge is -2.14. The highest BCUT2D eigenvalue weighted by Crippen LogP contribution is 2.10. The van der Waals surface area contributed by atoms with Crippen LogP contribution in [0.15, 0.2) is 35.4 Å². The van der Waals surface area contributed by atoms with Gasteiger partial charge in [0.2, 0.25) is 5.91 Å². The molecule has 2 N–H and O–H groups in total. The van der Waals surface area contributed by atoms with Gasteiger partial charge in [0.1, 0.15) is 17.8 Å². The molecular weight excluding hydrogens is 332 g/mol. The molecule has 0 aliphatic heterocycles. The summed E-state index contributed by atoms with van der Waals surface area (Å²) in [6, 6.07) is 7.08. The van der Waals surface area contributed by atoms with Gasteiger partial charge in [0, 0.05) is 19.4 Å². The van der Waals surface area contributed by atoms with E-state index in [1.54, 1.807) is 10.7 Å². The first-order valence-corrected chi connectivity index (χ1v) is 8.73. The van der Waals surface area contributed by atoms with Crippen molar-refractivity contribution in [1.82, 2.24) is 30.0 Å². The third-order valence-electron chi connectivity index (χ3n) is 4.10. The minimum atomic E-state index is -0.257. The van der Waals surface area contributed by atoms with Gasteiger partial charge < -0.3 is 10.3 Å². The molecule has 0 fully saturated rings. The lowest BCUT2D eigenvalue weighted by atomic mass is 10.2. The number of fused-ring (bicyclic) bond motifs is 1. The Morgan fingerprint density at radius 2 is 2.15 bits per heavy atom. The van der Waals surface area contributed by atoms with Gasteiger partial charge in [-0.2, -0.15) is 5.10 Å². The summed E-state index contributed by atoms with van der Waals surface area (Å²) >= 11 is 0. The Bertz CT molecular complexity index is 961. The third-order valence-corrected chi connectivity index (χ3v) is 4.10. The zero-order chi connectivity index (χ0) is 18.5. The summed E-state index contributed by atoms with van der Waals surface area (Å²) in [5.41, 5.74) is 1.51. The highest BCUT2D eigenvalue weighted by molar-refractivity contribution is 5.77. The van der Waals surface area contributed by atoms with Crippen LogP contribution in [0.25, 0.3) is 11.0 Å². The zero-order valence-electron chi connectivity index (χ0n) is 14.9. The molecule has 3 rings (SSSR count). The van der Waals surface area contributed by atoms with Crippen molar-refractivity contribution in [3.63, 3.8) is 0 Å². The van der Waals surface area contributed by atoms with Crippen LogP contribution >= 0.6 is 0 Å². The van der Waals surface area contributed by atoms with Gasteiger partial charge >= 0.3 is 0 Å². The number of hydrogen-bond acceptors (Lipinski definition) is 5. The number of carbonyl (C=O) groups excluding carboxylic acids is 1. The summed E-state index contributed by atoms with van der Waals surface area (Å²) in [5, 5.41) is 7.07. The minimum Gasteiger partial charge on any atom is -0.346 e. The number of benzene rings is 1. The number of aromatic nitrogens is 5. The molecule has 0 saturated heterocycles. The third kappa shape index (κ3) is 3.96. The smallest absolute Gasteiger partial charge is 0.270 e. The van der Waals surface area contributed by atoms with Gasteiger partial charge in [-0.25, -0.2) is 14.6 Å². The van der Waals surface area contributed by atoms with Crippen molar-refractivity contribution >= 4 is 16.9 Å². The largest absolute Gasteiger partial charge is 0.346 e. The van der Waals surface area contributed by atoms with Crippen molar-refractivity contribution in [3.8, 4) is 0 Å². The van der Waals surface area contributed by atoms with Gasteiger partial charge in [-0.15, -0.1) is 0 Å². The summed E-state index contributed by atoms with van der Waals surface area (Å²) < 4.78 is 1.79. The van der Waals surface area contributed by atoms with E-state index < -0.39 is 0 Å². The molecule has 0 radical (unpaired) electrons. The Morgan fingerprint density at radius 1 is 1.35 bits per heavy atom. The molecule has 26 heavy (non-hydrogen) atoms. The molecule has 8 heteroatoms. The fourth-order valence-corrected chi connectivity index (χ4v) is 2.84. The van der Waals surface area contributed by atoms with E-state index >= 15 is 0 Å². The van der Waals surface area contributed by atoms with Crippen molar-refractivity contribution in [2.45, 2.75) is 45.7 Å². The molecule has 2 heterocycles. The van der Waals surface area contributed by atoms with Crippen LogP contribution in [0.4, 0.5) is 0 Å². The summed E-state index contributed by atoms with van der Waals surface area (Å²) in [7, 11) is 0. The summed E-state index contributed by atoms with van der Waals surface area (Å²) in [6.07, 6.45) is 2.89. The predicted octanol–water partition coefficient (Wildman–Crippen LogP) is 1.73. The molecule has 8 nitrogen and oxygen atoms in total. The highest BCUT2D eigenvalue weighted by Gasteiger charge is 2.16. The van der Waals surface area contributed by atoms with Crippen LogP contribution in [0, 0.1) is 0 Å². The number of hydrogen-bond donors (Lipinski definition) is 2. The van der Waals surface area contributed by atoms with Crippen molar-refractivity contribution in [2.75, 3.05) is 0 Å². The van der Waals surface area contributed by atoms with Crippen molar-refractivity contribution in [2.24, 2.45) is 0 Å². The van der Waals surface area contributed by atoms with E-state index in [9.17, 15) is 9.59 Å². The molecule has 0 saturated carbocycles. The fraction of sp³-hybridized carbons (Fsp3) is 0.389. The maximum Gasteiger partial charge on any atom is 0.270 e. The predicted molar refractivity (Wildman–Crippen MR) is 97.6 cm³/mol. The average Bonchev–Trinajstić information content (AvgIpc) is 3.08. The molecule has 136 valence electrons. The maximum absolute atomic E-state index is 12.3. The first-order valence-electron chi connectivity index (χ1n) is 8.73. The van der Waals surface area contributed by atoms with Crippen molar-refractivity contribution in [1.29, 1.82) is 0 Å². The van der Waals surface area contributed by atoms with Crippen molar-refractivity contribution < 1.29 is 4.79 Å². The Hall–Kier alpha value is -3.03. The average molecular weight is 354 g/mol. The number of aryl methyl sites for hydroxylation is 2. The van der Waals surface area contributed by atoms with Gasteiger partial charge in [0.25, 0.3) is 5.56 Å². The number of nitrogens with one attached hydrogen (secondary N) is 2. The fourth-order valence-electron chi connectivity index (χ4n) is 2.84. The number of rotatable bonds is 7. The topological polar surface area (TPSA) is 106 Å². The molecule has 2 aromatic heterocycles. The van der Waals surface area contributed by atoms with Crippen molar-refractivity contribution in [3.05, 3.63) is 52.5 Å². The number of amides is 1. The van der Waals surface area contributed by atoms with Gasteiger partial charge in [-0.3, -0.25) is 9.59 Å². The van der Waals surface area contributed by atoms with Gasteiger partial charge in [0.15, 0.2) is 0 Å². The lowest BCUT2D eigenvalue weighted by molar-refractivity contribution is -0.121. The molecule has 1 aromatic carbocycles. The Kier molecular flexibility index (Phi) is 5.40. The SMILES string of the molecule is CCCn1ncnc1C(C)NC(=O)CCc1nc2ccccc2[nH]c1=O. The number of H-pyrrole nitrogens is 1. The van der Waals surface area contributed by atoms with E-state index in [1.807, 2.05) is 25.1 Å². The first kappa shape index (κ1) is 17.8. The van der Waals surface area contributed by atoms with Crippen LogP contribution in [0.1, 0.15) is 44.2 Å². The van der Waals surface area contributed by atoms with E-state index in [0.717, 1.165) is 18.8 Å². The highest BCUT2D eigenvalue weighted by atomic mass is 16.1. The van der Waals surface area contributed by atoms with Gasteiger partial charge in [-0.05, 0) is 25.5 Å². The molecule has 1 atom stereocenters. The second-order valence-corrected chi connectivity index (χ2v) is 6.16. The lowest BCUT2D eigenvalue weighted by Crippen LogP contribution is -2.29. The normalized spacial score (nSPS) is 12.2. The van der Waals surface area contributed by atoms with E-state index in [0.29, 0.717) is 16.7 Å². The molecule has 1 unspecified atom stereocenters. The summed E-state index contributed by atoms with van der Waals surface area (Å²) in [4.78, 5) is 35.7. The Morgan fingerprint density at radius 3 is 2.96 bits per heavy atom. The number of aromatic amines is 1. The molecule has 0 aliphatic carbocycles. The van der Waals surface area contributed by atoms with E-state index in [2.05, 4.69) is 32.3 Å². The molecule has 0 spiro atoms. The Labute approximate surface area is 150 Å². The van der Waals surface area contributed by atoms with E-state index in [4.69, 9.17) is 0 Å². The second kappa shape index (κ2) is 7.90. The zero-order valence-corrected chi connectivity index (χ0v) is 14.9. The standard InChI is InChI=1S/C18H22N6O2/c1-3-10-24-17(19-11-20-24)12(2)21-16(25)9-8-15-18(26)23-14-7-5-4-6-13(14)22-15/h4-7,11-12H,3,8-10H2,1-2H3,(H,21,25)(H,23,26). The number of para-hydroxylation sites is 2. The molecule has 0 bridgehead atoms. The van der Waals surface area contributed by atoms with E-state index in [-0.39, 0.29) is 30.3 Å². The molecular formula is C18H22N6O2. The Balaban J connectivity index is 1.63. The summed E-state index contributed by atoms with van der Waals surface area (Å²) in [6.45, 7) is 4.68. The van der Waals surface area contributed by atoms with Crippen LogP contribution in [-0.4, -0.2) is 30.6 Å². The van der Waals surface area contributed by atoms with E-state index in [1.165, 1.54) is 6.33 Å². The maximum atomic E-state index is 12.3.